The maximum Gasteiger partial charge on any atom is 0.251 e. The van der Waals surface area contributed by atoms with E-state index in [0.717, 1.165) is 28.4 Å². The van der Waals surface area contributed by atoms with E-state index in [9.17, 15) is 4.79 Å². The maximum absolute atomic E-state index is 12.8. The molecule has 1 saturated carbocycles. The van der Waals surface area contributed by atoms with Gasteiger partial charge in [-0.15, -0.1) is 0 Å². The van der Waals surface area contributed by atoms with Crippen LogP contribution >= 0.6 is 15.9 Å². The van der Waals surface area contributed by atoms with E-state index >= 15 is 0 Å². The Kier molecular flexibility index (Phi) is 5.13. The van der Waals surface area contributed by atoms with E-state index in [-0.39, 0.29) is 11.4 Å². The molecule has 3 aromatic rings. The fourth-order valence-electron chi connectivity index (χ4n) is 3.18. The van der Waals surface area contributed by atoms with Crippen molar-refractivity contribution in [2.75, 3.05) is 6.61 Å². The average Bonchev–Trinajstić information content (AvgIpc) is 3.49. The van der Waals surface area contributed by atoms with Crippen molar-refractivity contribution in [3.8, 4) is 17.1 Å². The molecule has 2 aromatic carbocycles. The first-order valence-corrected chi connectivity index (χ1v) is 10.0. The Bertz CT molecular complexity index is 1000. The van der Waals surface area contributed by atoms with Gasteiger partial charge >= 0.3 is 0 Å². The molecule has 6 heteroatoms. The van der Waals surface area contributed by atoms with Crippen molar-refractivity contribution in [2.45, 2.75) is 25.3 Å². The summed E-state index contributed by atoms with van der Waals surface area (Å²) < 4.78 is 6.42. The van der Waals surface area contributed by atoms with Gasteiger partial charge in [-0.25, -0.2) is 4.98 Å². The number of benzene rings is 2. The van der Waals surface area contributed by atoms with E-state index in [1.54, 1.807) is 12.4 Å². The highest BCUT2D eigenvalue weighted by Crippen LogP contribution is 2.46. The normalized spacial score (nSPS) is 14.4. The van der Waals surface area contributed by atoms with Gasteiger partial charge in [0, 0.05) is 15.6 Å². The summed E-state index contributed by atoms with van der Waals surface area (Å²) in [6.45, 7) is 2.44. The minimum atomic E-state index is -0.253. The Morgan fingerprint density at radius 2 is 1.96 bits per heavy atom. The minimum absolute atomic E-state index is 0.0711. The molecule has 5 nitrogen and oxygen atoms in total. The first kappa shape index (κ1) is 18.6. The number of halogens is 1. The Balaban J connectivity index is 1.50. The van der Waals surface area contributed by atoms with Gasteiger partial charge in [0.25, 0.3) is 5.91 Å². The highest BCUT2D eigenvalue weighted by molar-refractivity contribution is 9.10. The Labute approximate surface area is 172 Å². The van der Waals surface area contributed by atoms with Crippen LogP contribution in [-0.2, 0) is 5.54 Å². The monoisotopic (exact) mass is 437 g/mol. The molecule has 1 N–H and O–H groups in total. The predicted octanol–water partition coefficient (Wildman–Crippen LogP) is 4.72. The summed E-state index contributed by atoms with van der Waals surface area (Å²) in [5.41, 5.74) is 3.11. The largest absolute Gasteiger partial charge is 0.477 e. The topological polar surface area (TPSA) is 64.1 Å². The van der Waals surface area contributed by atoms with Crippen LogP contribution in [0.2, 0.25) is 0 Å². The van der Waals surface area contributed by atoms with Crippen molar-refractivity contribution in [1.82, 2.24) is 15.3 Å². The zero-order valence-corrected chi connectivity index (χ0v) is 17.1. The summed E-state index contributed by atoms with van der Waals surface area (Å²) in [7, 11) is 0. The van der Waals surface area contributed by atoms with Gasteiger partial charge < -0.3 is 10.1 Å². The fraction of sp³-hybridized carbons (Fsp3) is 0.227. The van der Waals surface area contributed by atoms with Crippen LogP contribution < -0.4 is 10.1 Å². The predicted molar refractivity (Wildman–Crippen MR) is 111 cm³/mol. The molecule has 1 aliphatic carbocycles. The molecule has 1 aromatic heterocycles. The van der Waals surface area contributed by atoms with Gasteiger partial charge in [-0.2, -0.15) is 0 Å². The lowest BCUT2D eigenvalue weighted by molar-refractivity contribution is 0.0931. The lowest BCUT2D eigenvalue weighted by Crippen LogP contribution is -2.34. The molecule has 0 bridgehead atoms. The van der Waals surface area contributed by atoms with Gasteiger partial charge in [-0.3, -0.25) is 9.78 Å². The average molecular weight is 438 g/mol. The third-order valence-corrected chi connectivity index (χ3v) is 5.32. The number of ether oxygens (including phenoxy) is 1. The fourth-order valence-corrected chi connectivity index (χ4v) is 3.58. The Morgan fingerprint density at radius 3 is 2.64 bits per heavy atom. The summed E-state index contributed by atoms with van der Waals surface area (Å²) in [5.74, 6) is 0.421. The third-order valence-electron chi connectivity index (χ3n) is 4.83. The number of nitrogens with one attached hydrogen (secondary N) is 1. The van der Waals surface area contributed by atoms with Crippen LogP contribution in [0.1, 0.15) is 35.7 Å². The van der Waals surface area contributed by atoms with Crippen LogP contribution in [0.5, 0.6) is 5.88 Å². The smallest absolute Gasteiger partial charge is 0.251 e. The Morgan fingerprint density at radius 1 is 1.18 bits per heavy atom. The lowest BCUT2D eigenvalue weighted by atomic mass is 10.0. The van der Waals surface area contributed by atoms with Crippen LogP contribution in [0.15, 0.2) is 65.4 Å². The number of carbonyl (C=O) groups excluding carboxylic acids is 1. The minimum Gasteiger partial charge on any atom is -0.477 e. The van der Waals surface area contributed by atoms with Crippen molar-refractivity contribution in [3.05, 3.63) is 76.5 Å². The molecule has 0 atom stereocenters. The van der Waals surface area contributed by atoms with Crippen molar-refractivity contribution in [1.29, 1.82) is 0 Å². The quantitative estimate of drug-likeness (QED) is 0.605. The SMILES string of the molecule is CCOc1cncc(-c2ccc(C(=O)NC3(c4cccc(Br)c4)CC3)cc2)n1. The van der Waals surface area contributed by atoms with E-state index in [1.165, 1.54) is 0 Å². The first-order chi connectivity index (χ1) is 13.6. The van der Waals surface area contributed by atoms with Gasteiger partial charge in [-0.1, -0.05) is 40.2 Å². The number of rotatable bonds is 6. The van der Waals surface area contributed by atoms with Gasteiger partial charge in [0.2, 0.25) is 5.88 Å². The van der Waals surface area contributed by atoms with Crippen LogP contribution in [0.4, 0.5) is 0 Å². The summed E-state index contributed by atoms with van der Waals surface area (Å²) in [6, 6.07) is 15.5. The second-order valence-electron chi connectivity index (χ2n) is 6.80. The van der Waals surface area contributed by atoms with Gasteiger partial charge in [0.05, 0.1) is 30.2 Å². The molecule has 0 unspecified atom stereocenters. The highest BCUT2D eigenvalue weighted by atomic mass is 79.9. The van der Waals surface area contributed by atoms with E-state index in [4.69, 9.17) is 4.74 Å². The highest BCUT2D eigenvalue weighted by Gasteiger charge is 2.45. The summed E-state index contributed by atoms with van der Waals surface area (Å²) in [4.78, 5) is 21.4. The number of amides is 1. The Hall–Kier alpha value is -2.73. The molecule has 1 heterocycles. The summed E-state index contributed by atoms with van der Waals surface area (Å²) in [5, 5.41) is 3.20. The van der Waals surface area contributed by atoms with E-state index in [2.05, 4.69) is 43.3 Å². The molecule has 1 amide bonds. The molecule has 4 rings (SSSR count). The maximum atomic E-state index is 12.8. The molecule has 0 saturated heterocycles. The standard InChI is InChI=1S/C22H20BrN3O2/c1-2-28-20-14-24-13-19(25-20)15-6-8-16(9-7-15)21(27)26-22(10-11-22)17-4-3-5-18(23)12-17/h3-9,12-14H,2,10-11H2,1H3,(H,26,27). The van der Waals surface area contributed by atoms with Gasteiger partial charge in [0.15, 0.2) is 0 Å². The molecule has 0 spiro atoms. The first-order valence-electron chi connectivity index (χ1n) is 9.23. The van der Waals surface area contributed by atoms with Crippen molar-refractivity contribution >= 4 is 21.8 Å². The molecule has 1 aliphatic rings. The molecule has 0 aliphatic heterocycles. The second-order valence-corrected chi connectivity index (χ2v) is 7.72. The molecular weight excluding hydrogens is 418 g/mol. The van der Waals surface area contributed by atoms with E-state index in [0.29, 0.717) is 23.7 Å². The van der Waals surface area contributed by atoms with E-state index in [1.807, 2.05) is 43.3 Å². The van der Waals surface area contributed by atoms with Crippen molar-refractivity contribution in [3.63, 3.8) is 0 Å². The lowest BCUT2D eigenvalue weighted by Gasteiger charge is -2.18. The second kappa shape index (κ2) is 7.72. The van der Waals surface area contributed by atoms with Gasteiger partial charge in [0.1, 0.15) is 0 Å². The zero-order chi connectivity index (χ0) is 19.6. The zero-order valence-electron chi connectivity index (χ0n) is 15.5. The summed E-state index contributed by atoms with van der Waals surface area (Å²) >= 11 is 3.51. The van der Waals surface area contributed by atoms with Crippen molar-refractivity contribution < 1.29 is 9.53 Å². The number of hydrogen-bond donors (Lipinski definition) is 1. The van der Waals surface area contributed by atoms with Crippen LogP contribution in [-0.4, -0.2) is 22.5 Å². The third kappa shape index (κ3) is 3.92. The van der Waals surface area contributed by atoms with Crippen LogP contribution in [0, 0.1) is 0 Å². The van der Waals surface area contributed by atoms with Gasteiger partial charge in [-0.05, 0) is 49.6 Å². The number of nitrogens with zero attached hydrogens (tertiary/aromatic N) is 2. The summed E-state index contributed by atoms with van der Waals surface area (Å²) in [6.07, 6.45) is 5.18. The van der Waals surface area contributed by atoms with Crippen LogP contribution in [0.25, 0.3) is 11.3 Å². The number of carbonyl (C=O) groups is 1. The number of aromatic nitrogens is 2. The van der Waals surface area contributed by atoms with Crippen molar-refractivity contribution in [2.24, 2.45) is 0 Å². The van der Waals surface area contributed by atoms with Crippen LogP contribution in [0.3, 0.4) is 0 Å². The number of hydrogen-bond acceptors (Lipinski definition) is 4. The molecule has 28 heavy (non-hydrogen) atoms. The van der Waals surface area contributed by atoms with E-state index < -0.39 is 0 Å². The molecule has 0 radical (unpaired) electrons. The molecule has 142 valence electrons. The molecular formula is C22H20BrN3O2. The molecule has 1 fully saturated rings.